The zero-order valence-corrected chi connectivity index (χ0v) is 11.5. The van der Waals surface area contributed by atoms with Crippen molar-refractivity contribution in [1.82, 2.24) is 5.32 Å². The zero-order chi connectivity index (χ0) is 12.6. The maximum Gasteiger partial charge on any atom is 0.117 e. The molecule has 1 N–H and O–H groups in total. The molecule has 2 rings (SSSR count). The lowest BCUT2D eigenvalue weighted by atomic mass is 10.4. The first-order chi connectivity index (χ1) is 8.88. The fourth-order valence-electron chi connectivity index (χ4n) is 1.63. The average Bonchev–Trinajstić information content (AvgIpc) is 3.01. The minimum absolute atomic E-state index is 0.816. The molecule has 0 unspecified atom stereocenters. The first-order valence-electron chi connectivity index (χ1n) is 6.27. The molecule has 0 aliphatic heterocycles. The van der Waals surface area contributed by atoms with E-state index in [0.29, 0.717) is 0 Å². The molecule has 3 nitrogen and oxygen atoms in total. The molecule has 2 aromatic rings. The summed E-state index contributed by atoms with van der Waals surface area (Å²) >= 11 is 1.80. The van der Waals surface area contributed by atoms with Gasteiger partial charge in [0.05, 0.1) is 24.3 Å². The number of furan rings is 2. The van der Waals surface area contributed by atoms with Crippen LogP contribution in [0.25, 0.3) is 0 Å². The Morgan fingerprint density at radius 2 is 1.94 bits per heavy atom. The molecule has 98 valence electrons. The maximum absolute atomic E-state index is 5.74. The molecule has 0 amide bonds. The van der Waals surface area contributed by atoms with Gasteiger partial charge in [-0.3, -0.25) is 0 Å². The van der Waals surface area contributed by atoms with E-state index in [1.165, 1.54) is 0 Å². The van der Waals surface area contributed by atoms with Gasteiger partial charge in [0, 0.05) is 0 Å². The highest BCUT2D eigenvalue weighted by atomic mass is 32.2. The van der Waals surface area contributed by atoms with Gasteiger partial charge in [0.15, 0.2) is 0 Å². The predicted molar refractivity (Wildman–Crippen MR) is 74.4 cm³/mol. The second-order valence-electron chi connectivity index (χ2n) is 4.12. The van der Waals surface area contributed by atoms with Gasteiger partial charge in [0.2, 0.25) is 0 Å². The summed E-state index contributed by atoms with van der Waals surface area (Å²) in [6.07, 6.45) is 2.85. The van der Waals surface area contributed by atoms with Crippen molar-refractivity contribution in [2.24, 2.45) is 0 Å². The smallest absolute Gasteiger partial charge is 0.117 e. The van der Waals surface area contributed by atoms with Crippen molar-refractivity contribution < 1.29 is 8.83 Å². The third-order valence-electron chi connectivity index (χ3n) is 2.51. The Morgan fingerprint density at radius 3 is 2.72 bits per heavy atom. The Kier molecular flexibility index (Phi) is 5.42. The van der Waals surface area contributed by atoms with E-state index in [9.17, 15) is 0 Å². The van der Waals surface area contributed by atoms with Crippen molar-refractivity contribution in [2.45, 2.75) is 31.4 Å². The lowest BCUT2D eigenvalue weighted by Gasteiger charge is -1.99. The van der Waals surface area contributed by atoms with Crippen LogP contribution in [0.1, 0.15) is 30.6 Å². The largest absolute Gasteiger partial charge is 0.468 e. The Bertz CT molecular complexity index is 436. The van der Waals surface area contributed by atoms with Gasteiger partial charge >= 0.3 is 0 Å². The Morgan fingerprint density at radius 1 is 1.11 bits per heavy atom. The topological polar surface area (TPSA) is 38.3 Å². The average molecular weight is 265 g/mol. The summed E-state index contributed by atoms with van der Waals surface area (Å²) in [7, 11) is 0. The van der Waals surface area contributed by atoms with Crippen molar-refractivity contribution in [3.8, 4) is 0 Å². The number of nitrogens with one attached hydrogen (secondary N) is 1. The van der Waals surface area contributed by atoms with Crippen LogP contribution >= 0.6 is 11.8 Å². The van der Waals surface area contributed by atoms with Gasteiger partial charge in [-0.2, -0.15) is 0 Å². The zero-order valence-electron chi connectivity index (χ0n) is 10.6. The second kappa shape index (κ2) is 7.34. The Labute approximate surface area is 112 Å². The molecule has 0 fully saturated rings. The highest BCUT2D eigenvalue weighted by molar-refractivity contribution is 7.97. The van der Waals surface area contributed by atoms with E-state index in [2.05, 4.69) is 18.3 Å². The molecular weight excluding hydrogens is 246 g/mol. The van der Waals surface area contributed by atoms with Crippen molar-refractivity contribution in [1.29, 1.82) is 0 Å². The van der Waals surface area contributed by atoms with Crippen molar-refractivity contribution >= 4 is 11.8 Å². The SMILES string of the molecule is CCCNCc1ccc(CSCc2ccco2)o1. The highest BCUT2D eigenvalue weighted by Gasteiger charge is 2.03. The first-order valence-corrected chi connectivity index (χ1v) is 7.42. The number of rotatable bonds is 8. The minimum Gasteiger partial charge on any atom is -0.468 e. The molecule has 0 aliphatic rings. The highest BCUT2D eigenvalue weighted by Crippen LogP contribution is 2.19. The van der Waals surface area contributed by atoms with Gasteiger partial charge < -0.3 is 14.2 Å². The lowest BCUT2D eigenvalue weighted by Crippen LogP contribution is -2.12. The van der Waals surface area contributed by atoms with Crippen LogP contribution in [0.2, 0.25) is 0 Å². The van der Waals surface area contributed by atoms with Gasteiger partial charge in [-0.25, -0.2) is 0 Å². The standard InChI is InChI=1S/C14H19NO2S/c1-2-7-15-9-12-5-6-14(17-12)11-18-10-13-4-3-8-16-13/h3-6,8,15H,2,7,9-11H2,1H3. The van der Waals surface area contributed by atoms with E-state index in [-0.39, 0.29) is 0 Å². The Hall–Kier alpha value is -1.13. The summed E-state index contributed by atoms with van der Waals surface area (Å²) in [6.45, 7) is 4.01. The summed E-state index contributed by atoms with van der Waals surface area (Å²) < 4.78 is 11.0. The third-order valence-corrected chi connectivity index (χ3v) is 3.49. The molecule has 0 atom stereocenters. The molecule has 0 spiro atoms. The summed E-state index contributed by atoms with van der Waals surface area (Å²) in [5.74, 6) is 4.82. The van der Waals surface area contributed by atoms with E-state index < -0.39 is 0 Å². The number of thioether (sulfide) groups is 1. The van der Waals surface area contributed by atoms with Gasteiger partial charge in [-0.05, 0) is 37.2 Å². The molecule has 0 radical (unpaired) electrons. The van der Waals surface area contributed by atoms with Crippen LogP contribution in [0.4, 0.5) is 0 Å². The summed E-state index contributed by atoms with van der Waals surface area (Å²) in [5.41, 5.74) is 0. The molecular formula is C14H19NO2S. The summed E-state index contributed by atoms with van der Waals surface area (Å²) in [4.78, 5) is 0. The van der Waals surface area contributed by atoms with Gasteiger partial charge in [-0.15, -0.1) is 11.8 Å². The molecule has 18 heavy (non-hydrogen) atoms. The van der Waals surface area contributed by atoms with E-state index in [1.54, 1.807) is 18.0 Å². The molecule has 2 heterocycles. The third kappa shape index (κ3) is 4.27. The fraction of sp³-hybridized carbons (Fsp3) is 0.429. The lowest BCUT2D eigenvalue weighted by molar-refractivity contribution is 0.459. The summed E-state index contributed by atoms with van der Waals surface area (Å²) in [5, 5.41) is 3.33. The van der Waals surface area contributed by atoms with Gasteiger partial charge in [0.1, 0.15) is 17.3 Å². The van der Waals surface area contributed by atoms with Crippen LogP contribution < -0.4 is 5.32 Å². The molecule has 0 saturated carbocycles. The van der Waals surface area contributed by atoms with Crippen LogP contribution in [0.5, 0.6) is 0 Å². The number of hydrogen-bond acceptors (Lipinski definition) is 4. The monoisotopic (exact) mass is 265 g/mol. The molecule has 0 bridgehead atoms. The number of hydrogen-bond donors (Lipinski definition) is 1. The first kappa shape index (κ1) is 13.3. The van der Waals surface area contributed by atoms with Crippen molar-refractivity contribution in [2.75, 3.05) is 6.54 Å². The summed E-state index contributed by atoms with van der Waals surface area (Å²) in [6, 6.07) is 8.01. The van der Waals surface area contributed by atoms with Crippen LogP contribution in [0.3, 0.4) is 0 Å². The predicted octanol–water partition coefficient (Wildman–Crippen LogP) is 3.81. The quantitative estimate of drug-likeness (QED) is 0.737. The molecule has 0 aromatic carbocycles. The fourth-order valence-corrected chi connectivity index (χ4v) is 2.45. The Balaban J connectivity index is 1.69. The minimum atomic E-state index is 0.816. The van der Waals surface area contributed by atoms with Crippen LogP contribution in [0.15, 0.2) is 39.4 Å². The van der Waals surface area contributed by atoms with E-state index in [4.69, 9.17) is 8.83 Å². The van der Waals surface area contributed by atoms with E-state index >= 15 is 0 Å². The van der Waals surface area contributed by atoms with E-state index in [0.717, 1.165) is 48.3 Å². The van der Waals surface area contributed by atoms with Crippen molar-refractivity contribution in [3.63, 3.8) is 0 Å². The van der Waals surface area contributed by atoms with Gasteiger partial charge in [0.25, 0.3) is 0 Å². The molecule has 4 heteroatoms. The normalized spacial score (nSPS) is 10.9. The molecule has 0 aliphatic carbocycles. The van der Waals surface area contributed by atoms with Crippen LogP contribution in [-0.4, -0.2) is 6.54 Å². The molecule has 0 saturated heterocycles. The van der Waals surface area contributed by atoms with E-state index in [1.807, 2.05) is 18.2 Å². The van der Waals surface area contributed by atoms with Crippen molar-refractivity contribution in [3.05, 3.63) is 47.8 Å². The van der Waals surface area contributed by atoms with Crippen LogP contribution in [-0.2, 0) is 18.1 Å². The van der Waals surface area contributed by atoms with Crippen LogP contribution in [0, 0.1) is 0 Å². The molecule has 2 aromatic heterocycles. The maximum atomic E-state index is 5.74. The second-order valence-corrected chi connectivity index (χ2v) is 5.10. The van der Waals surface area contributed by atoms with Gasteiger partial charge in [-0.1, -0.05) is 6.92 Å².